The zero-order chi connectivity index (χ0) is 14.9. The van der Waals surface area contributed by atoms with Gasteiger partial charge in [0, 0.05) is 18.3 Å². The normalized spacial score (nSPS) is 27.5. The largest absolute Gasteiger partial charge is 0.375 e. The van der Waals surface area contributed by atoms with Gasteiger partial charge in [0.1, 0.15) is 0 Å². The fraction of sp³-hybridized carbons (Fsp3) is 0.611. The third kappa shape index (κ3) is 2.77. The van der Waals surface area contributed by atoms with Gasteiger partial charge in [-0.25, -0.2) is 0 Å². The molecule has 0 radical (unpaired) electrons. The second-order valence-corrected chi connectivity index (χ2v) is 6.76. The van der Waals surface area contributed by atoms with Crippen molar-refractivity contribution in [2.45, 2.75) is 50.7 Å². The summed E-state index contributed by atoms with van der Waals surface area (Å²) in [6, 6.07) is 6.80. The summed E-state index contributed by atoms with van der Waals surface area (Å²) in [6.45, 7) is 2.12. The van der Waals surface area contributed by atoms with E-state index in [0.29, 0.717) is 18.7 Å². The quantitative estimate of drug-likeness (QED) is 0.932. The first-order chi connectivity index (χ1) is 10.8. The van der Waals surface area contributed by atoms with Crippen molar-refractivity contribution in [3.8, 4) is 0 Å². The van der Waals surface area contributed by atoms with Gasteiger partial charge in [0.2, 0.25) is 5.91 Å². The summed E-state index contributed by atoms with van der Waals surface area (Å²) in [6.07, 6.45) is 7.44. The van der Waals surface area contributed by atoms with Crippen LogP contribution in [0.4, 0.5) is 5.69 Å². The van der Waals surface area contributed by atoms with E-state index in [9.17, 15) is 4.79 Å². The molecule has 1 saturated carbocycles. The van der Waals surface area contributed by atoms with Crippen molar-refractivity contribution >= 4 is 11.6 Å². The lowest BCUT2D eigenvalue weighted by molar-refractivity contribution is -0.121. The molecule has 2 fully saturated rings. The first-order valence-corrected chi connectivity index (χ1v) is 8.57. The van der Waals surface area contributed by atoms with Crippen molar-refractivity contribution < 1.29 is 9.53 Å². The summed E-state index contributed by atoms with van der Waals surface area (Å²) in [5.41, 5.74) is 3.79. The summed E-state index contributed by atoms with van der Waals surface area (Å²) in [7, 11) is 0. The fourth-order valence-corrected chi connectivity index (χ4v) is 4.24. The number of morpholine rings is 1. The van der Waals surface area contributed by atoms with Gasteiger partial charge in [-0.05, 0) is 61.8 Å². The molecule has 1 amide bonds. The van der Waals surface area contributed by atoms with Gasteiger partial charge in [0.15, 0.2) is 0 Å². The minimum atomic E-state index is 0.102. The number of hydrogen-bond donors (Lipinski definition) is 1. The number of amides is 1. The Morgan fingerprint density at radius 2 is 2.14 bits per heavy atom. The molecular weight excluding hydrogens is 276 g/mol. The van der Waals surface area contributed by atoms with Gasteiger partial charge in [-0.3, -0.25) is 9.69 Å². The highest BCUT2D eigenvalue weighted by Crippen LogP contribution is 2.29. The van der Waals surface area contributed by atoms with E-state index in [1.807, 2.05) is 6.07 Å². The summed E-state index contributed by atoms with van der Waals surface area (Å²) < 4.78 is 5.81. The predicted octanol–water partition coefficient (Wildman–Crippen LogP) is 2.37. The van der Waals surface area contributed by atoms with Crippen LogP contribution in [0, 0.1) is 0 Å². The number of rotatable bonds is 3. The maximum absolute atomic E-state index is 12.4. The highest BCUT2D eigenvalue weighted by Gasteiger charge is 2.36. The molecule has 0 unspecified atom stereocenters. The van der Waals surface area contributed by atoms with Gasteiger partial charge in [-0.15, -0.1) is 0 Å². The van der Waals surface area contributed by atoms with E-state index in [1.165, 1.54) is 30.4 Å². The maximum atomic E-state index is 12.4. The number of aryl methyl sites for hydroxylation is 2. The SMILES string of the molecule is O=C(CN1CCO[C@@H]2CCC[C@@H]21)Nc1ccc2c(c1)CCC2. The van der Waals surface area contributed by atoms with E-state index >= 15 is 0 Å². The van der Waals surface area contributed by atoms with Crippen LogP contribution in [0.5, 0.6) is 0 Å². The fourth-order valence-electron chi connectivity index (χ4n) is 4.24. The van der Waals surface area contributed by atoms with E-state index in [-0.39, 0.29) is 5.91 Å². The van der Waals surface area contributed by atoms with Crippen molar-refractivity contribution in [1.82, 2.24) is 4.90 Å². The van der Waals surface area contributed by atoms with Gasteiger partial charge in [-0.2, -0.15) is 0 Å². The molecule has 2 aliphatic carbocycles. The molecule has 2 atom stereocenters. The topological polar surface area (TPSA) is 41.6 Å². The molecule has 0 bridgehead atoms. The average Bonchev–Trinajstić information content (AvgIpc) is 3.15. The molecule has 0 aromatic heterocycles. The lowest BCUT2D eigenvalue weighted by Crippen LogP contribution is -2.51. The molecule has 22 heavy (non-hydrogen) atoms. The zero-order valence-electron chi connectivity index (χ0n) is 13.0. The predicted molar refractivity (Wildman–Crippen MR) is 86.0 cm³/mol. The van der Waals surface area contributed by atoms with E-state index in [0.717, 1.165) is 38.1 Å². The van der Waals surface area contributed by atoms with Crippen LogP contribution in [0.1, 0.15) is 36.8 Å². The Morgan fingerprint density at radius 1 is 1.23 bits per heavy atom. The van der Waals surface area contributed by atoms with Crippen LogP contribution < -0.4 is 5.32 Å². The minimum Gasteiger partial charge on any atom is -0.375 e. The molecule has 0 spiro atoms. The van der Waals surface area contributed by atoms with E-state index < -0.39 is 0 Å². The number of nitrogens with one attached hydrogen (secondary N) is 1. The lowest BCUT2D eigenvalue weighted by atomic mass is 10.1. The Kier molecular flexibility index (Phi) is 3.89. The molecule has 4 rings (SSSR count). The summed E-state index contributed by atoms with van der Waals surface area (Å²) in [4.78, 5) is 14.7. The molecule has 1 aromatic carbocycles. The number of ether oxygens (including phenoxy) is 1. The second kappa shape index (κ2) is 6.01. The van der Waals surface area contributed by atoms with Gasteiger partial charge in [-0.1, -0.05) is 6.07 Å². The van der Waals surface area contributed by atoms with Crippen LogP contribution in [0.15, 0.2) is 18.2 Å². The molecule has 3 aliphatic rings. The highest BCUT2D eigenvalue weighted by molar-refractivity contribution is 5.92. The average molecular weight is 300 g/mol. The van der Waals surface area contributed by atoms with Gasteiger partial charge in [0.25, 0.3) is 0 Å². The Morgan fingerprint density at radius 3 is 3.09 bits per heavy atom. The molecular formula is C18H24N2O2. The third-order valence-corrected chi connectivity index (χ3v) is 5.33. The number of carbonyl (C=O) groups is 1. The summed E-state index contributed by atoms with van der Waals surface area (Å²) >= 11 is 0. The molecule has 4 heteroatoms. The van der Waals surface area contributed by atoms with E-state index in [1.54, 1.807) is 0 Å². The van der Waals surface area contributed by atoms with Crippen molar-refractivity contribution in [2.24, 2.45) is 0 Å². The molecule has 118 valence electrons. The Balaban J connectivity index is 1.38. The van der Waals surface area contributed by atoms with Gasteiger partial charge in [0.05, 0.1) is 19.3 Å². The zero-order valence-corrected chi connectivity index (χ0v) is 13.0. The van der Waals surface area contributed by atoms with Crippen LogP contribution in [-0.4, -0.2) is 42.6 Å². The number of hydrogen-bond acceptors (Lipinski definition) is 3. The Labute approximate surface area is 131 Å². The van der Waals surface area contributed by atoms with Crippen molar-refractivity contribution in [3.05, 3.63) is 29.3 Å². The standard InChI is InChI=1S/C18H24N2O2/c21-18(12-20-9-10-22-17-6-2-5-16(17)20)19-15-8-7-13-3-1-4-14(13)11-15/h7-8,11,16-17H,1-6,9-10,12H2,(H,19,21)/t16-,17+/m0/s1. The molecule has 1 saturated heterocycles. The number of carbonyl (C=O) groups excluding carboxylic acids is 1. The minimum absolute atomic E-state index is 0.102. The van der Waals surface area contributed by atoms with Crippen LogP contribution in [-0.2, 0) is 22.4 Å². The monoisotopic (exact) mass is 300 g/mol. The first kappa shape index (κ1) is 14.2. The first-order valence-electron chi connectivity index (χ1n) is 8.57. The Hall–Kier alpha value is -1.39. The van der Waals surface area contributed by atoms with Crippen molar-refractivity contribution in [3.63, 3.8) is 0 Å². The van der Waals surface area contributed by atoms with Crippen LogP contribution in [0.25, 0.3) is 0 Å². The maximum Gasteiger partial charge on any atom is 0.238 e. The molecule has 1 N–H and O–H groups in total. The van der Waals surface area contributed by atoms with Crippen LogP contribution in [0.2, 0.25) is 0 Å². The van der Waals surface area contributed by atoms with Crippen molar-refractivity contribution in [1.29, 1.82) is 0 Å². The number of benzene rings is 1. The number of fused-ring (bicyclic) bond motifs is 2. The second-order valence-electron chi connectivity index (χ2n) is 6.76. The smallest absolute Gasteiger partial charge is 0.238 e. The summed E-state index contributed by atoms with van der Waals surface area (Å²) in [5, 5.41) is 3.08. The molecule has 1 heterocycles. The van der Waals surface area contributed by atoms with E-state index in [2.05, 4.69) is 22.3 Å². The van der Waals surface area contributed by atoms with Gasteiger partial charge >= 0.3 is 0 Å². The Bertz CT molecular complexity index is 572. The third-order valence-electron chi connectivity index (χ3n) is 5.33. The highest BCUT2D eigenvalue weighted by atomic mass is 16.5. The van der Waals surface area contributed by atoms with Crippen LogP contribution in [0.3, 0.4) is 0 Å². The van der Waals surface area contributed by atoms with Gasteiger partial charge < -0.3 is 10.1 Å². The lowest BCUT2D eigenvalue weighted by Gasteiger charge is -2.37. The molecule has 1 aliphatic heterocycles. The summed E-state index contributed by atoms with van der Waals surface area (Å²) in [5.74, 6) is 0.102. The van der Waals surface area contributed by atoms with Crippen molar-refractivity contribution in [2.75, 3.05) is 25.0 Å². The number of anilines is 1. The van der Waals surface area contributed by atoms with Crippen LogP contribution >= 0.6 is 0 Å². The number of nitrogens with zero attached hydrogens (tertiary/aromatic N) is 1. The van der Waals surface area contributed by atoms with E-state index in [4.69, 9.17) is 4.74 Å². The molecule has 1 aromatic rings. The molecule has 4 nitrogen and oxygen atoms in total.